The molecule has 140 valence electrons. The number of amides is 2. The Kier molecular flexibility index (Phi) is 6.27. The molecule has 0 bridgehead atoms. The Hall–Kier alpha value is -3.68. The maximum atomic E-state index is 12.3. The molecular weight excluding hydrogens is 352 g/mol. The predicted molar refractivity (Wildman–Crippen MR) is 98.2 cm³/mol. The van der Waals surface area contributed by atoms with Crippen LogP contribution in [0, 0.1) is 0 Å². The molecule has 0 radical (unpaired) electrons. The van der Waals surface area contributed by atoms with E-state index in [-0.39, 0.29) is 22.6 Å². The van der Waals surface area contributed by atoms with Crippen molar-refractivity contribution in [2.75, 3.05) is 24.9 Å². The van der Waals surface area contributed by atoms with Crippen LogP contribution >= 0.6 is 0 Å². The Bertz CT molecular complexity index is 907. The molecule has 8 nitrogen and oxygen atoms in total. The van der Waals surface area contributed by atoms with Crippen LogP contribution in [0.4, 0.5) is 16.2 Å². The van der Waals surface area contributed by atoms with Crippen LogP contribution in [-0.4, -0.2) is 38.0 Å². The van der Waals surface area contributed by atoms with Crippen molar-refractivity contribution >= 4 is 35.1 Å². The first kappa shape index (κ1) is 19.6. The van der Waals surface area contributed by atoms with E-state index in [1.807, 2.05) is 0 Å². The number of esters is 2. The zero-order valence-corrected chi connectivity index (χ0v) is 15.0. The van der Waals surface area contributed by atoms with Gasteiger partial charge in [-0.05, 0) is 37.3 Å². The molecule has 0 saturated heterocycles. The highest BCUT2D eigenvalue weighted by Crippen LogP contribution is 2.20. The lowest BCUT2D eigenvalue weighted by Gasteiger charge is -2.12. The largest absolute Gasteiger partial charge is 0.465 e. The number of rotatable bonds is 5. The predicted octanol–water partition coefficient (Wildman–Crippen LogP) is 3.11. The van der Waals surface area contributed by atoms with E-state index in [1.165, 1.54) is 45.4 Å². The van der Waals surface area contributed by atoms with Gasteiger partial charge in [-0.1, -0.05) is 12.1 Å². The lowest BCUT2D eigenvalue weighted by molar-refractivity contribution is 0.0587. The molecule has 2 aromatic carbocycles. The van der Waals surface area contributed by atoms with Gasteiger partial charge in [-0.15, -0.1) is 0 Å². The van der Waals surface area contributed by atoms with Crippen LogP contribution in [0.3, 0.4) is 0 Å². The van der Waals surface area contributed by atoms with Gasteiger partial charge in [0.15, 0.2) is 5.78 Å². The molecule has 8 heteroatoms. The van der Waals surface area contributed by atoms with E-state index in [4.69, 9.17) is 0 Å². The lowest BCUT2D eigenvalue weighted by atomic mass is 10.1. The van der Waals surface area contributed by atoms with Crippen molar-refractivity contribution in [2.45, 2.75) is 6.92 Å². The molecular formula is C19H18N2O6. The molecule has 0 saturated carbocycles. The maximum Gasteiger partial charge on any atom is 0.339 e. The lowest BCUT2D eigenvalue weighted by Crippen LogP contribution is -2.22. The number of carbonyl (C=O) groups is 4. The van der Waals surface area contributed by atoms with Crippen molar-refractivity contribution in [3.63, 3.8) is 0 Å². The number of Topliss-reactive ketones (excluding diaryl/α,β-unsaturated/α-hetero) is 1. The number of nitrogens with one attached hydrogen (secondary N) is 2. The van der Waals surface area contributed by atoms with Gasteiger partial charge in [0.25, 0.3) is 0 Å². The second-order valence-electron chi connectivity index (χ2n) is 5.46. The number of benzene rings is 2. The molecule has 0 aliphatic carbocycles. The van der Waals surface area contributed by atoms with Crippen LogP contribution < -0.4 is 10.6 Å². The van der Waals surface area contributed by atoms with Gasteiger partial charge in [0.05, 0.1) is 31.0 Å². The quantitative estimate of drug-likeness (QED) is 0.618. The summed E-state index contributed by atoms with van der Waals surface area (Å²) in [6.07, 6.45) is 0. The highest BCUT2D eigenvalue weighted by Gasteiger charge is 2.17. The summed E-state index contributed by atoms with van der Waals surface area (Å²) >= 11 is 0. The number of anilines is 2. The van der Waals surface area contributed by atoms with Crippen LogP contribution in [0.1, 0.15) is 38.0 Å². The molecule has 0 aliphatic rings. The summed E-state index contributed by atoms with van der Waals surface area (Å²) in [5.74, 6) is -1.44. The van der Waals surface area contributed by atoms with Crippen LogP contribution in [0.25, 0.3) is 0 Å². The Morgan fingerprint density at radius 1 is 0.815 bits per heavy atom. The second kappa shape index (κ2) is 8.61. The molecule has 0 spiro atoms. The van der Waals surface area contributed by atoms with Crippen molar-refractivity contribution in [3.05, 3.63) is 59.2 Å². The molecule has 2 amide bonds. The topological polar surface area (TPSA) is 111 Å². The number of methoxy groups -OCH3 is 2. The standard InChI is InChI=1S/C19H18N2O6/c1-11(22)12-5-4-6-14(9-12)20-19(25)21-16-10-13(17(23)26-2)7-8-15(16)18(24)27-3/h4-10H,1-3H3,(H2,20,21,25). The zero-order chi connectivity index (χ0) is 20.0. The molecule has 0 fully saturated rings. The van der Waals surface area contributed by atoms with Gasteiger partial charge in [-0.25, -0.2) is 14.4 Å². The molecule has 27 heavy (non-hydrogen) atoms. The summed E-state index contributed by atoms with van der Waals surface area (Å²) in [4.78, 5) is 47.3. The minimum Gasteiger partial charge on any atom is -0.465 e. The smallest absolute Gasteiger partial charge is 0.339 e. The summed E-state index contributed by atoms with van der Waals surface area (Å²) < 4.78 is 9.32. The highest BCUT2D eigenvalue weighted by atomic mass is 16.5. The molecule has 0 aromatic heterocycles. The molecule has 2 N–H and O–H groups in total. The van der Waals surface area contributed by atoms with E-state index in [9.17, 15) is 19.2 Å². The number of ketones is 1. The summed E-state index contributed by atoms with van der Waals surface area (Å²) in [6.45, 7) is 1.42. The van der Waals surface area contributed by atoms with Gasteiger partial charge in [0.1, 0.15) is 0 Å². The van der Waals surface area contributed by atoms with E-state index in [0.29, 0.717) is 11.3 Å². The SMILES string of the molecule is COC(=O)c1ccc(C(=O)OC)c(NC(=O)Nc2cccc(C(C)=O)c2)c1. The molecule has 2 aromatic rings. The van der Waals surface area contributed by atoms with Crippen molar-refractivity contribution in [1.82, 2.24) is 0 Å². The number of urea groups is 1. The Balaban J connectivity index is 2.27. The molecule has 0 heterocycles. The van der Waals surface area contributed by atoms with E-state index in [0.717, 1.165) is 0 Å². The summed E-state index contributed by atoms with van der Waals surface area (Å²) in [5, 5.41) is 5.06. The average Bonchev–Trinajstić information content (AvgIpc) is 2.66. The third-order valence-corrected chi connectivity index (χ3v) is 3.62. The molecule has 0 unspecified atom stereocenters. The van der Waals surface area contributed by atoms with Crippen LogP contribution in [0.15, 0.2) is 42.5 Å². The molecule has 2 rings (SSSR count). The van der Waals surface area contributed by atoms with E-state index in [1.54, 1.807) is 18.2 Å². The number of hydrogen-bond acceptors (Lipinski definition) is 6. The minimum absolute atomic E-state index is 0.0674. The van der Waals surface area contributed by atoms with Gasteiger partial charge in [0, 0.05) is 11.3 Å². The average molecular weight is 370 g/mol. The fourth-order valence-electron chi connectivity index (χ4n) is 2.28. The van der Waals surface area contributed by atoms with Gasteiger partial charge in [0.2, 0.25) is 0 Å². The first-order valence-corrected chi connectivity index (χ1v) is 7.85. The summed E-state index contributed by atoms with van der Waals surface area (Å²) in [5.41, 5.74) is 1.13. The Morgan fingerprint density at radius 2 is 1.52 bits per heavy atom. The molecule has 0 atom stereocenters. The van der Waals surface area contributed by atoms with Crippen LogP contribution in [0.5, 0.6) is 0 Å². The summed E-state index contributed by atoms with van der Waals surface area (Å²) in [6, 6.07) is 9.77. The van der Waals surface area contributed by atoms with E-state index < -0.39 is 18.0 Å². The number of ether oxygens (including phenoxy) is 2. The monoisotopic (exact) mass is 370 g/mol. The first-order valence-electron chi connectivity index (χ1n) is 7.85. The van der Waals surface area contributed by atoms with E-state index >= 15 is 0 Å². The van der Waals surface area contributed by atoms with Crippen molar-refractivity contribution in [1.29, 1.82) is 0 Å². The van der Waals surface area contributed by atoms with Crippen molar-refractivity contribution in [2.24, 2.45) is 0 Å². The van der Waals surface area contributed by atoms with Crippen molar-refractivity contribution < 1.29 is 28.7 Å². The van der Waals surface area contributed by atoms with Crippen molar-refractivity contribution in [3.8, 4) is 0 Å². The van der Waals surface area contributed by atoms with Gasteiger partial charge in [-0.2, -0.15) is 0 Å². The first-order chi connectivity index (χ1) is 12.8. The highest BCUT2D eigenvalue weighted by molar-refractivity contribution is 6.06. The third kappa shape index (κ3) is 4.91. The molecule has 0 aliphatic heterocycles. The van der Waals surface area contributed by atoms with Gasteiger partial charge in [-0.3, -0.25) is 4.79 Å². The fourth-order valence-corrected chi connectivity index (χ4v) is 2.28. The minimum atomic E-state index is -0.680. The number of carbonyl (C=O) groups excluding carboxylic acids is 4. The van der Waals surface area contributed by atoms with Crippen LogP contribution in [0.2, 0.25) is 0 Å². The van der Waals surface area contributed by atoms with E-state index in [2.05, 4.69) is 20.1 Å². The zero-order valence-electron chi connectivity index (χ0n) is 15.0. The Morgan fingerprint density at radius 3 is 2.15 bits per heavy atom. The van der Waals surface area contributed by atoms with Gasteiger partial charge < -0.3 is 20.1 Å². The maximum absolute atomic E-state index is 12.3. The van der Waals surface area contributed by atoms with Gasteiger partial charge >= 0.3 is 18.0 Å². The fraction of sp³-hybridized carbons (Fsp3) is 0.158. The summed E-state index contributed by atoms with van der Waals surface area (Å²) in [7, 11) is 2.42. The number of hydrogen-bond donors (Lipinski definition) is 2. The van der Waals surface area contributed by atoms with Crippen LogP contribution in [-0.2, 0) is 9.47 Å². The second-order valence-corrected chi connectivity index (χ2v) is 5.46. The Labute approximate surface area is 155 Å². The third-order valence-electron chi connectivity index (χ3n) is 3.62. The normalized spacial score (nSPS) is 9.89.